The molecule has 1 rings (SSSR count). The Balaban J connectivity index is 2.89. The Kier molecular flexibility index (Phi) is 6.68. The molecule has 0 aliphatic rings. The minimum atomic E-state index is 0.493. The molecule has 1 aromatic rings. The average molecular weight is 251 g/mol. The zero-order valence-corrected chi connectivity index (χ0v) is 12.3. The summed E-state index contributed by atoms with van der Waals surface area (Å²) in [7, 11) is 0. The van der Waals surface area contributed by atoms with E-state index in [1.165, 1.54) is 16.9 Å². The second-order valence-electron chi connectivity index (χ2n) is 4.39. The fraction of sp³-hybridized carbons (Fsp3) is 0.600. The number of rotatable bonds is 7. The second kappa shape index (κ2) is 7.78. The van der Waals surface area contributed by atoms with Crippen LogP contribution in [-0.2, 0) is 0 Å². The van der Waals surface area contributed by atoms with Gasteiger partial charge in [0.15, 0.2) is 0 Å². The summed E-state index contributed by atoms with van der Waals surface area (Å²) in [5.74, 6) is 0. The second-order valence-corrected chi connectivity index (χ2v) is 5.87. The lowest BCUT2D eigenvalue weighted by Gasteiger charge is -2.21. The number of nitrogens with one attached hydrogen (secondary N) is 1. The lowest BCUT2D eigenvalue weighted by atomic mass is 10.0. The first-order valence-corrected chi connectivity index (χ1v) is 7.59. The molecule has 2 unspecified atom stereocenters. The Morgan fingerprint density at radius 3 is 2.41 bits per heavy atom. The molecule has 0 aromatic heterocycles. The molecule has 0 heterocycles. The Morgan fingerprint density at radius 1 is 1.12 bits per heavy atom. The number of hydrogen-bond acceptors (Lipinski definition) is 2. The Morgan fingerprint density at radius 2 is 1.82 bits per heavy atom. The van der Waals surface area contributed by atoms with Crippen LogP contribution < -0.4 is 5.32 Å². The van der Waals surface area contributed by atoms with Crippen LogP contribution in [-0.4, -0.2) is 11.8 Å². The van der Waals surface area contributed by atoms with Crippen molar-refractivity contribution in [3.05, 3.63) is 29.8 Å². The highest BCUT2D eigenvalue weighted by atomic mass is 32.2. The van der Waals surface area contributed by atoms with Gasteiger partial charge in [-0.2, -0.15) is 0 Å². The quantitative estimate of drug-likeness (QED) is 0.709. The van der Waals surface area contributed by atoms with E-state index in [0.29, 0.717) is 11.3 Å². The van der Waals surface area contributed by atoms with Gasteiger partial charge < -0.3 is 5.32 Å². The number of benzene rings is 1. The van der Waals surface area contributed by atoms with E-state index in [9.17, 15) is 0 Å². The van der Waals surface area contributed by atoms with Crippen LogP contribution in [0.4, 0.5) is 0 Å². The van der Waals surface area contributed by atoms with Crippen LogP contribution in [0, 0.1) is 0 Å². The van der Waals surface area contributed by atoms with Crippen molar-refractivity contribution >= 4 is 11.8 Å². The third kappa shape index (κ3) is 4.36. The fourth-order valence-electron chi connectivity index (χ4n) is 1.90. The van der Waals surface area contributed by atoms with E-state index in [2.05, 4.69) is 57.3 Å². The van der Waals surface area contributed by atoms with E-state index in [0.717, 1.165) is 13.0 Å². The van der Waals surface area contributed by atoms with Crippen molar-refractivity contribution in [2.24, 2.45) is 0 Å². The van der Waals surface area contributed by atoms with Crippen molar-refractivity contribution in [1.29, 1.82) is 0 Å². The standard InChI is InChI=1S/C15H25NS/c1-5-12(4)17-15-11-9-8-10-13(15)14(6-2)16-7-3/h8-12,14,16H,5-7H2,1-4H3. The zero-order valence-electron chi connectivity index (χ0n) is 11.5. The summed E-state index contributed by atoms with van der Waals surface area (Å²) in [6.07, 6.45) is 2.36. The molecule has 2 atom stereocenters. The largest absolute Gasteiger partial charge is 0.310 e. The minimum Gasteiger partial charge on any atom is -0.310 e. The van der Waals surface area contributed by atoms with Gasteiger partial charge in [-0.05, 0) is 31.0 Å². The molecule has 2 heteroatoms. The van der Waals surface area contributed by atoms with Gasteiger partial charge in [0.25, 0.3) is 0 Å². The summed E-state index contributed by atoms with van der Waals surface area (Å²) in [5, 5.41) is 4.26. The first kappa shape index (κ1) is 14.6. The first-order valence-electron chi connectivity index (χ1n) is 6.71. The molecule has 0 spiro atoms. The molecule has 0 bridgehead atoms. The molecule has 0 radical (unpaired) electrons. The van der Waals surface area contributed by atoms with E-state index < -0.39 is 0 Å². The molecule has 0 fully saturated rings. The van der Waals surface area contributed by atoms with Crippen molar-refractivity contribution in [3.8, 4) is 0 Å². The van der Waals surface area contributed by atoms with Gasteiger partial charge in [-0.15, -0.1) is 11.8 Å². The Bertz CT molecular complexity index is 324. The monoisotopic (exact) mass is 251 g/mol. The molecule has 1 N–H and O–H groups in total. The Labute approximate surface area is 110 Å². The highest BCUT2D eigenvalue weighted by Gasteiger charge is 2.13. The summed E-state index contributed by atoms with van der Waals surface area (Å²) >= 11 is 2.00. The maximum Gasteiger partial charge on any atom is 0.0328 e. The lowest BCUT2D eigenvalue weighted by Crippen LogP contribution is -2.20. The van der Waals surface area contributed by atoms with Crippen LogP contribution in [0.2, 0.25) is 0 Å². The van der Waals surface area contributed by atoms with E-state index in [-0.39, 0.29) is 0 Å². The van der Waals surface area contributed by atoms with Gasteiger partial charge in [0.2, 0.25) is 0 Å². The van der Waals surface area contributed by atoms with E-state index in [1.54, 1.807) is 0 Å². The zero-order chi connectivity index (χ0) is 12.7. The SMILES string of the molecule is CCNC(CC)c1ccccc1SC(C)CC. The number of thioether (sulfide) groups is 1. The van der Waals surface area contributed by atoms with Crippen LogP contribution in [0.25, 0.3) is 0 Å². The number of hydrogen-bond donors (Lipinski definition) is 1. The molecule has 1 aromatic carbocycles. The average Bonchev–Trinajstić information content (AvgIpc) is 2.36. The van der Waals surface area contributed by atoms with Crippen molar-refractivity contribution in [2.75, 3.05) is 6.54 Å². The predicted octanol–water partition coefficient (Wildman–Crippen LogP) is 4.64. The highest BCUT2D eigenvalue weighted by Crippen LogP contribution is 2.32. The molecule has 0 saturated heterocycles. The highest BCUT2D eigenvalue weighted by molar-refractivity contribution is 8.00. The van der Waals surface area contributed by atoms with Gasteiger partial charge in [-0.3, -0.25) is 0 Å². The molecule has 0 aliphatic heterocycles. The molecule has 96 valence electrons. The molecule has 0 saturated carbocycles. The van der Waals surface area contributed by atoms with Gasteiger partial charge in [-0.25, -0.2) is 0 Å². The normalized spacial score (nSPS) is 14.6. The lowest BCUT2D eigenvalue weighted by molar-refractivity contribution is 0.530. The van der Waals surface area contributed by atoms with Crippen LogP contribution in [0.15, 0.2) is 29.2 Å². The third-order valence-electron chi connectivity index (χ3n) is 3.06. The van der Waals surface area contributed by atoms with E-state index in [1.807, 2.05) is 11.8 Å². The molecular weight excluding hydrogens is 226 g/mol. The van der Waals surface area contributed by atoms with Crippen LogP contribution in [0.3, 0.4) is 0 Å². The summed E-state index contributed by atoms with van der Waals surface area (Å²) in [6.45, 7) is 10.0. The van der Waals surface area contributed by atoms with Gasteiger partial charge in [0, 0.05) is 16.2 Å². The maximum absolute atomic E-state index is 3.57. The topological polar surface area (TPSA) is 12.0 Å². The first-order chi connectivity index (χ1) is 8.22. The molecular formula is C15H25NS. The van der Waals surface area contributed by atoms with Gasteiger partial charge in [0.05, 0.1) is 0 Å². The van der Waals surface area contributed by atoms with Gasteiger partial charge in [-0.1, -0.05) is 45.9 Å². The van der Waals surface area contributed by atoms with Gasteiger partial charge in [0.1, 0.15) is 0 Å². The summed E-state index contributed by atoms with van der Waals surface area (Å²) < 4.78 is 0. The van der Waals surface area contributed by atoms with Crippen LogP contribution in [0.1, 0.15) is 52.1 Å². The summed E-state index contributed by atoms with van der Waals surface area (Å²) in [5.41, 5.74) is 1.46. The van der Waals surface area contributed by atoms with Crippen LogP contribution >= 0.6 is 11.8 Å². The maximum atomic E-state index is 3.57. The summed E-state index contributed by atoms with van der Waals surface area (Å²) in [4.78, 5) is 1.44. The van der Waals surface area contributed by atoms with E-state index in [4.69, 9.17) is 0 Å². The van der Waals surface area contributed by atoms with Crippen molar-refractivity contribution in [1.82, 2.24) is 5.32 Å². The molecule has 17 heavy (non-hydrogen) atoms. The minimum absolute atomic E-state index is 0.493. The fourth-order valence-corrected chi connectivity index (χ4v) is 3.00. The Hall–Kier alpha value is -0.470. The van der Waals surface area contributed by atoms with Crippen molar-refractivity contribution in [3.63, 3.8) is 0 Å². The van der Waals surface area contributed by atoms with Crippen molar-refractivity contribution < 1.29 is 0 Å². The molecule has 0 amide bonds. The molecule has 0 aliphatic carbocycles. The predicted molar refractivity (Wildman–Crippen MR) is 78.8 cm³/mol. The third-order valence-corrected chi connectivity index (χ3v) is 4.42. The van der Waals surface area contributed by atoms with Crippen LogP contribution in [0.5, 0.6) is 0 Å². The van der Waals surface area contributed by atoms with Gasteiger partial charge >= 0.3 is 0 Å². The van der Waals surface area contributed by atoms with E-state index >= 15 is 0 Å². The molecule has 1 nitrogen and oxygen atoms in total. The van der Waals surface area contributed by atoms with Crippen molar-refractivity contribution in [2.45, 2.75) is 56.7 Å². The summed E-state index contributed by atoms with van der Waals surface area (Å²) in [6, 6.07) is 9.31. The smallest absolute Gasteiger partial charge is 0.0328 e.